The van der Waals surface area contributed by atoms with Crippen LogP contribution in [0.4, 0.5) is 0 Å². The maximum atomic E-state index is 10.8. The minimum absolute atomic E-state index is 0.0241. The largest absolute Gasteiger partial charge is 0.492 e. The van der Waals surface area contributed by atoms with Crippen LogP contribution in [-0.4, -0.2) is 12.9 Å². The molecule has 0 N–H and O–H groups in total. The van der Waals surface area contributed by atoms with Gasteiger partial charge in [0.15, 0.2) is 0 Å². The van der Waals surface area contributed by atoms with Gasteiger partial charge < -0.3 is 4.74 Å². The number of carbonyl (C=O) groups excluding carboxylic acids is 1. The third-order valence-corrected chi connectivity index (χ3v) is 3.19. The minimum atomic E-state index is 0.0241. The SMILES string of the molecule is CC1(C)CCOc2c(Cl)cc(C=O)cc21. The number of aldehydes is 1. The molecule has 0 fully saturated rings. The second kappa shape index (κ2) is 3.53. The Kier molecular flexibility index (Phi) is 2.47. The van der Waals surface area contributed by atoms with E-state index in [1.165, 1.54) is 0 Å². The van der Waals surface area contributed by atoms with Gasteiger partial charge in [0, 0.05) is 11.1 Å². The lowest BCUT2D eigenvalue weighted by Gasteiger charge is -2.33. The summed E-state index contributed by atoms with van der Waals surface area (Å²) < 4.78 is 5.54. The first-order valence-electron chi connectivity index (χ1n) is 4.96. The van der Waals surface area contributed by atoms with Crippen molar-refractivity contribution < 1.29 is 9.53 Å². The third kappa shape index (κ3) is 1.74. The molecule has 1 aliphatic rings. The van der Waals surface area contributed by atoms with Crippen molar-refractivity contribution >= 4 is 17.9 Å². The first kappa shape index (κ1) is 10.5. The van der Waals surface area contributed by atoms with Gasteiger partial charge in [-0.05, 0) is 24.0 Å². The Hall–Kier alpha value is -1.02. The molecule has 0 spiro atoms. The van der Waals surface area contributed by atoms with Crippen molar-refractivity contribution in [2.75, 3.05) is 6.61 Å². The van der Waals surface area contributed by atoms with Crippen molar-refractivity contribution in [2.45, 2.75) is 25.7 Å². The van der Waals surface area contributed by atoms with Gasteiger partial charge in [0.1, 0.15) is 12.0 Å². The van der Waals surface area contributed by atoms with Crippen LogP contribution < -0.4 is 4.74 Å². The first-order valence-corrected chi connectivity index (χ1v) is 5.34. The van der Waals surface area contributed by atoms with Crippen LogP contribution in [0, 0.1) is 0 Å². The maximum Gasteiger partial charge on any atom is 0.150 e. The van der Waals surface area contributed by atoms with Crippen LogP contribution in [-0.2, 0) is 5.41 Å². The summed E-state index contributed by atoms with van der Waals surface area (Å²) in [6, 6.07) is 3.52. The van der Waals surface area contributed by atoms with E-state index in [-0.39, 0.29) is 5.41 Å². The van der Waals surface area contributed by atoms with E-state index in [4.69, 9.17) is 16.3 Å². The zero-order valence-electron chi connectivity index (χ0n) is 8.84. The van der Waals surface area contributed by atoms with Gasteiger partial charge in [0.2, 0.25) is 0 Å². The second-order valence-electron chi connectivity index (χ2n) is 4.48. The lowest BCUT2D eigenvalue weighted by molar-refractivity contribution is 0.112. The van der Waals surface area contributed by atoms with E-state index in [1.54, 1.807) is 6.07 Å². The zero-order chi connectivity index (χ0) is 11.1. The van der Waals surface area contributed by atoms with Gasteiger partial charge in [-0.3, -0.25) is 4.79 Å². The predicted molar refractivity (Wildman–Crippen MR) is 60.0 cm³/mol. The zero-order valence-corrected chi connectivity index (χ0v) is 9.60. The van der Waals surface area contributed by atoms with Crippen molar-refractivity contribution in [3.63, 3.8) is 0 Å². The van der Waals surface area contributed by atoms with E-state index in [1.807, 2.05) is 6.07 Å². The van der Waals surface area contributed by atoms with Crippen molar-refractivity contribution in [1.82, 2.24) is 0 Å². The van der Waals surface area contributed by atoms with E-state index in [9.17, 15) is 4.79 Å². The fraction of sp³-hybridized carbons (Fsp3) is 0.417. The highest BCUT2D eigenvalue weighted by atomic mass is 35.5. The highest BCUT2D eigenvalue weighted by Crippen LogP contribution is 2.42. The number of hydrogen-bond donors (Lipinski definition) is 0. The summed E-state index contributed by atoms with van der Waals surface area (Å²) in [5.74, 6) is 0.735. The van der Waals surface area contributed by atoms with E-state index in [0.717, 1.165) is 24.0 Å². The van der Waals surface area contributed by atoms with Crippen LogP contribution in [0.25, 0.3) is 0 Å². The van der Waals surface area contributed by atoms with Crippen LogP contribution in [0.1, 0.15) is 36.2 Å². The maximum absolute atomic E-state index is 10.8. The van der Waals surface area contributed by atoms with Crippen molar-refractivity contribution in [3.8, 4) is 5.75 Å². The topological polar surface area (TPSA) is 26.3 Å². The van der Waals surface area contributed by atoms with Crippen molar-refractivity contribution in [3.05, 3.63) is 28.3 Å². The average molecular weight is 225 g/mol. The molecule has 1 aliphatic heterocycles. The highest BCUT2D eigenvalue weighted by molar-refractivity contribution is 6.32. The Balaban J connectivity index is 2.64. The van der Waals surface area contributed by atoms with E-state index < -0.39 is 0 Å². The quantitative estimate of drug-likeness (QED) is 0.685. The van der Waals surface area contributed by atoms with E-state index in [2.05, 4.69) is 13.8 Å². The molecule has 2 nitrogen and oxygen atoms in total. The number of benzene rings is 1. The second-order valence-corrected chi connectivity index (χ2v) is 4.89. The number of halogens is 1. The van der Waals surface area contributed by atoms with Crippen LogP contribution in [0.15, 0.2) is 12.1 Å². The molecule has 1 aromatic rings. The molecular weight excluding hydrogens is 212 g/mol. The molecule has 80 valence electrons. The van der Waals surface area contributed by atoms with Crippen LogP contribution >= 0.6 is 11.6 Å². The fourth-order valence-electron chi connectivity index (χ4n) is 1.87. The number of hydrogen-bond acceptors (Lipinski definition) is 2. The van der Waals surface area contributed by atoms with Crippen molar-refractivity contribution in [2.24, 2.45) is 0 Å². The Labute approximate surface area is 94.2 Å². The smallest absolute Gasteiger partial charge is 0.150 e. The molecule has 15 heavy (non-hydrogen) atoms. The Morgan fingerprint density at radius 2 is 2.20 bits per heavy atom. The number of ether oxygens (including phenoxy) is 1. The number of rotatable bonds is 1. The fourth-order valence-corrected chi connectivity index (χ4v) is 2.16. The first-order chi connectivity index (χ1) is 7.04. The summed E-state index contributed by atoms with van der Waals surface area (Å²) in [7, 11) is 0. The predicted octanol–water partition coefficient (Wildman–Crippen LogP) is 3.21. The standard InChI is InChI=1S/C12H13ClO2/c1-12(2)3-4-15-11-9(12)5-8(7-14)6-10(11)13/h5-7H,3-4H2,1-2H3. The van der Waals surface area contributed by atoms with Gasteiger partial charge in [0.25, 0.3) is 0 Å². The molecule has 0 aliphatic carbocycles. The van der Waals surface area contributed by atoms with Crippen LogP contribution in [0.3, 0.4) is 0 Å². The summed E-state index contributed by atoms with van der Waals surface area (Å²) >= 11 is 6.07. The van der Waals surface area contributed by atoms with Gasteiger partial charge in [-0.25, -0.2) is 0 Å². The van der Waals surface area contributed by atoms with Gasteiger partial charge >= 0.3 is 0 Å². The Morgan fingerprint density at radius 3 is 2.87 bits per heavy atom. The summed E-state index contributed by atoms with van der Waals surface area (Å²) in [5, 5.41) is 0.530. The molecule has 0 amide bonds. The molecule has 0 radical (unpaired) electrons. The Bertz CT molecular complexity index is 410. The van der Waals surface area contributed by atoms with Gasteiger partial charge in [-0.15, -0.1) is 0 Å². The molecular formula is C12H13ClO2. The normalized spacial score (nSPS) is 17.8. The molecule has 1 aromatic carbocycles. The Morgan fingerprint density at radius 1 is 1.47 bits per heavy atom. The van der Waals surface area contributed by atoms with Gasteiger partial charge in [0.05, 0.1) is 11.6 Å². The molecule has 0 unspecified atom stereocenters. The summed E-state index contributed by atoms with van der Waals surface area (Å²) in [5.41, 5.74) is 1.66. The average Bonchev–Trinajstić information content (AvgIpc) is 2.18. The molecule has 0 aromatic heterocycles. The molecule has 2 rings (SSSR count). The number of carbonyl (C=O) groups is 1. The monoisotopic (exact) mass is 224 g/mol. The molecule has 1 heterocycles. The molecule has 3 heteroatoms. The summed E-state index contributed by atoms with van der Waals surface area (Å²) in [4.78, 5) is 10.8. The number of fused-ring (bicyclic) bond motifs is 1. The minimum Gasteiger partial charge on any atom is -0.492 e. The highest BCUT2D eigenvalue weighted by Gasteiger charge is 2.30. The lowest BCUT2D eigenvalue weighted by atomic mass is 9.79. The van der Waals surface area contributed by atoms with Crippen LogP contribution in [0.5, 0.6) is 5.75 Å². The van der Waals surface area contributed by atoms with Gasteiger partial charge in [-0.1, -0.05) is 25.4 Å². The molecule has 0 saturated heterocycles. The molecule has 0 saturated carbocycles. The summed E-state index contributed by atoms with van der Waals surface area (Å²) in [6.45, 7) is 4.96. The van der Waals surface area contributed by atoms with E-state index in [0.29, 0.717) is 17.2 Å². The molecule has 0 atom stereocenters. The van der Waals surface area contributed by atoms with Crippen LogP contribution in [0.2, 0.25) is 5.02 Å². The lowest BCUT2D eigenvalue weighted by Crippen LogP contribution is -2.27. The van der Waals surface area contributed by atoms with Crippen molar-refractivity contribution in [1.29, 1.82) is 0 Å². The van der Waals surface area contributed by atoms with Gasteiger partial charge in [-0.2, -0.15) is 0 Å². The van der Waals surface area contributed by atoms with E-state index >= 15 is 0 Å². The third-order valence-electron chi connectivity index (χ3n) is 2.90. The molecule has 0 bridgehead atoms. The summed E-state index contributed by atoms with van der Waals surface area (Å²) in [6.07, 6.45) is 1.76.